The van der Waals surface area contributed by atoms with Crippen LogP contribution < -0.4 is 5.32 Å². The van der Waals surface area contributed by atoms with Crippen LogP contribution in [0.15, 0.2) is 35.7 Å². The lowest BCUT2D eigenvalue weighted by Crippen LogP contribution is -2.21. The summed E-state index contributed by atoms with van der Waals surface area (Å²) in [6, 6.07) is 4.63. The van der Waals surface area contributed by atoms with E-state index < -0.39 is 16.9 Å². The highest BCUT2D eigenvalue weighted by molar-refractivity contribution is 7.84. The number of aliphatic hydroxyl groups excluding tert-OH is 1. The molecule has 94 valence electrons. The summed E-state index contributed by atoms with van der Waals surface area (Å²) in [6.45, 7) is 4.56. The van der Waals surface area contributed by atoms with E-state index in [2.05, 4.69) is 11.9 Å². The lowest BCUT2D eigenvalue weighted by atomic mass is 10.1. The Kier molecular flexibility index (Phi) is 5.34. The molecule has 0 aliphatic rings. The number of hydrogen-bond donors (Lipinski definition) is 3. The second-order valence-corrected chi connectivity index (χ2v) is 4.99. The highest BCUT2D eigenvalue weighted by Crippen LogP contribution is 2.24. The Balaban J connectivity index is 2.80. The molecule has 0 aliphatic carbocycles. The van der Waals surface area contributed by atoms with Gasteiger partial charge < -0.3 is 15.5 Å². The molecule has 0 heterocycles. The second-order valence-electron chi connectivity index (χ2n) is 3.64. The Morgan fingerprint density at radius 2 is 2.29 bits per heavy atom. The molecule has 1 rings (SSSR count). The summed E-state index contributed by atoms with van der Waals surface area (Å²) in [7, 11) is -1.27. The number of nitrogens with one attached hydrogen (secondary N) is 1. The van der Waals surface area contributed by atoms with Crippen LogP contribution in [0.5, 0.6) is 5.75 Å². The summed E-state index contributed by atoms with van der Waals surface area (Å²) in [4.78, 5) is 0.338. The van der Waals surface area contributed by atoms with Crippen molar-refractivity contribution in [2.75, 3.05) is 19.3 Å². The van der Waals surface area contributed by atoms with Crippen molar-refractivity contribution in [1.82, 2.24) is 5.32 Å². The Hall–Kier alpha value is -1.17. The van der Waals surface area contributed by atoms with Crippen molar-refractivity contribution in [2.24, 2.45) is 0 Å². The molecular formula is C12H17NO3S. The largest absolute Gasteiger partial charge is 0.507 e. The van der Waals surface area contributed by atoms with Crippen LogP contribution >= 0.6 is 0 Å². The van der Waals surface area contributed by atoms with Gasteiger partial charge in [0.05, 0.1) is 21.8 Å². The maximum Gasteiger partial charge on any atom is 0.131 e. The molecule has 0 saturated carbocycles. The summed E-state index contributed by atoms with van der Waals surface area (Å²) in [5.41, 5.74) is 0.629. The van der Waals surface area contributed by atoms with Crippen LogP contribution in [-0.4, -0.2) is 33.8 Å². The molecule has 0 radical (unpaired) electrons. The highest BCUT2D eigenvalue weighted by atomic mass is 32.2. The van der Waals surface area contributed by atoms with Gasteiger partial charge in [-0.25, -0.2) is 0 Å². The van der Waals surface area contributed by atoms with Crippen LogP contribution in [0.3, 0.4) is 0 Å². The zero-order valence-corrected chi connectivity index (χ0v) is 10.5. The number of rotatable bonds is 6. The zero-order chi connectivity index (χ0) is 12.8. The molecule has 0 bridgehead atoms. The van der Waals surface area contributed by atoms with Crippen LogP contribution in [0.1, 0.15) is 11.7 Å². The Labute approximate surface area is 103 Å². The van der Waals surface area contributed by atoms with Gasteiger partial charge in [-0.05, 0) is 17.7 Å². The average Bonchev–Trinajstić information content (AvgIpc) is 2.29. The molecule has 5 heteroatoms. The fraction of sp³-hybridized carbons (Fsp3) is 0.333. The first-order valence-electron chi connectivity index (χ1n) is 5.22. The number of hydrogen-bond acceptors (Lipinski definition) is 4. The van der Waals surface area contributed by atoms with Gasteiger partial charge in [0.25, 0.3) is 0 Å². The number of aliphatic hydroxyl groups is 1. The minimum atomic E-state index is -1.27. The number of phenols is 1. The number of phenolic OH excluding ortho intramolecular Hbond substituents is 1. The molecule has 0 fully saturated rings. The normalized spacial score (nSPS) is 14.2. The maximum atomic E-state index is 11.3. The molecule has 0 aromatic heterocycles. The zero-order valence-electron chi connectivity index (χ0n) is 9.72. The predicted molar refractivity (Wildman–Crippen MR) is 68.5 cm³/mol. The highest BCUT2D eigenvalue weighted by Gasteiger charge is 2.11. The standard InChI is InChI=1S/C12H17NO3S/c1-3-6-13-8-11(15)9-4-5-10(14)12(7-9)17(2)16/h3-5,7,11,13-15H,1,6,8H2,2H3. The third kappa shape index (κ3) is 3.96. The quantitative estimate of drug-likeness (QED) is 0.522. The van der Waals surface area contributed by atoms with Gasteiger partial charge in [0.15, 0.2) is 0 Å². The van der Waals surface area contributed by atoms with Crippen molar-refractivity contribution in [3.63, 3.8) is 0 Å². The van der Waals surface area contributed by atoms with Crippen LogP contribution in [0.4, 0.5) is 0 Å². The summed E-state index contributed by atoms with van der Waals surface area (Å²) in [5.74, 6) is -0.0131. The molecule has 2 atom stereocenters. The van der Waals surface area contributed by atoms with Crippen molar-refractivity contribution in [3.05, 3.63) is 36.4 Å². The van der Waals surface area contributed by atoms with E-state index in [0.29, 0.717) is 23.5 Å². The van der Waals surface area contributed by atoms with E-state index >= 15 is 0 Å². The Morgan fingerprint density at radius 1 is 1.59 bits per heavy atom. The van der Waals surface area contributed by atoms with Gasteiger partial charge in [-0.2, -0.15) is 0 Å². The summed E-state index contributed by atoms with van der Waals surface area (Å²) in [6.07, 6.45) is 2.50. The lowest BCUT2D eigenvalue weighted by molar-refractivity contribution is 0.176. The Morgan fingerprint density at radius 3 is 2.88 bits per heavy atom. The molecule has 4 nitrogen and oxygen atoms in total. The molecule has 0 aliphatic heterocycles. The summed E-state index contributed by atoms with van der Waals surface area (Å²) < 4.78 is 11.3. The van der Waals surface area contributed by atoms with Crippen molar-refractivity contribution in [1.29, 1.82) is 0 Å². The summed E-state index contributed by atoms with van der Waals surface area (Å²) >= 11 is 0. The molecule has 1 aromatic carbocycles. The van der Waals surface area contributed by atoms with Gasteiger partial charge in [-0.3, -0.25) is 4.21 Å². The molecule has 0 saturated heterocycles. The van der Waals surface area contributed by atoms with E-state index in [1.165, 1.54) is 12.3 Å². The fourth-order valence-corrected chi connectivity index (χ4v) is 2.07. The van der Waals surface area contributed by atoms with E-state index in [9.17, 15) is 14.4 Å². The third-order valence-electron chi connectivity index (χ3n) is 2.30. The first-order chi connectivity index (χ1) is 8.06. The van der Waals surface area contributed by atoms with Crippen LogP contribution in [-0.2, 0) is 10.8 Å². The molecule has 17 heavy (non-hydrogen) atoms. The maximum absolute atomic E-state index is 11.3. The minimum absolute atomic E-state index is 0.0131. The molecule has 2 unspecified atom stereocenters. The smallest absolute Gasteiger partial charge is 0.131 e. The minimum Gasteiger partial charge on any atom is -0.507 e. The van der Waals surface area contributed by atoms with Crippen LogP contribution in [0, 0.1) is 0 Å². The number of aromatic hydroxyl groups is 1. The van der Waals surface area contributed by atoms with Crippen molar-refractivity contribution in [2.45, 2.75) is 11.0 Å². The van der Waals surface area contributed by atoms with E-state index in [-0.39, 0.29) is 5.75 Å². The van der Waals surface area contributed by atoms with Gasteiger partial charge in [-0.15, -0.1) is 6.58 Å². The van der Waals surface area contributed by atoms with Crippen molar-refractivity contribution in [3.8, 4) is 5.75 Å². The summed E-state index contributed by atoms with van der Waals surface area (Å²) in [5, 5.41) is 22.4. The van der Waals surface area contributed by atoms with E-state index in [1.54, 1.807) is 18.2 Å². The van der Waals surface area contributed by atoms with Gasteiger partial charge in [0, 0.05) is 19.3 Å². The van der Waals surface area contributed by atoms with Crippen molar-refractivity contribution >= 4 is 10.8 Å². The van der Waals surface area contributed by atoms with Crippen molar-refractivity contribution < 1.29 is 14.4 Å². The van der Waals surface area contributed by atoms with E-state index in [0.717, 1.165) is 0 Å². The molecular weight excluding hydrogens is 238 g/mol. The van der Waals surface area contributed by atoms with E-state index in [1.807, 2.05) is 0 Å². The monoisotopic (exact) mass is 255 g/mol. The lowest BCUT2D eigenvalue weighted by Gasteiger charge is -2.13. The van der Waals surface area contributed by atoms with Gasteiger partial charge in [-0.1, -0.05) is 12.1 Å². The molecule has 0 spiro atoms. The first kappa shape index (κ1) is 13.9. The fourth-order valence-electron chi connectivity index (χ4n) is 1.41. The number of benzene rings is 1. The van der Waals surface area contributed by atoms with Gasteiger partial charge in [0.2, 0.25) is 0 Å². The third-order valence-corrected chi connectivity index (χ3v) is 3.25. The van der Waals surface area contributed by atoms with Crippen LogP contribution in [0.25, 0.3) is 0 Å². The predicted octanol–water partition coefficient (Wildman–Crippen LogP) is 0.939. The second kappa shape index (κ2) is 6.54. The molecule has 1 aromatic rings. The topological polar surface area (TPSA) is 69.6 Å². The SMILES string of the molecule is C=CCNCC(O)c1ccc(O)c(S(C)=O)c1. The van der Waals surface area contributed by atoms with Gasteiger partial charge >= 0.3 is 0 Å². The van der Waals surface area contributed by atoms with E-state index in [4.69, 9.17) is 0 Å². The molecule has 3 N–H and O–H groups in total. The first-order valence-corrected chi connectivity index (χ1v) is 6.78. The average molecular weight is 255 g/mol. The van der Waals surface area contributed by atoms with Crippen LogP contribution in [0.2, 0.25) is 0 Å². The Bertz CT molecular complexity index is 420. The van der Waals surface area contributed by atoms with Gasteiger partial charge in [0.1, 0.15) is 5.75 Å². The molecule has 0 amide bonds.